The van der Waals surface area contributed by atoms with Gasteiger partial charge in [-0.05, 0) is 55.8 Å². The van der Waals surface area contributed by atoms with Crippen LogP contribution in [0.3, 0.4) is 0 Å². The average molecular weight is 324 g/mol. The number of ether oxygens (including phenoxy) is 1. The van der Waals surface area contributed by atoms with E-state index in [1.807, 2.05) is 25.1 Å². The molecule has 19 heavy (non-hydrogen) atoms. The highest BCUT2D eigenvalue weighted by atomic mass is 79.9. The zero-order valence-corrected chi connectivity index (χ0v) is 12.4. The summed E-state index contributed by atoms with van der Waals surface area (Å²) in [7, 11) is 0. The summed E-state index contributed by atoms with van der Waals surface area (Å²) in [6.07, 6.45) is 0. The van der Waals surface area contributed by atoms with Gasteiger partial charge in [0, 0.05) is 16.1 Å². The van der Waals surface area contributed by atoms with Crippen LogP contribution >= 0.6 is 15.9 Å². The van der Waals surface area contributed by atoms with Gasteiger partial charge in [0.2, 0.25) is 0 Å². The van der Waals surface area contributed by atoms with Crippen LogP contribution in [0.25, 0.3) is 0 Å². The summed E-state index contributed by atoms with van der Waals surface area (Å²) in [5.41, 5.74) is 7.49. The van der Waals surface area contributed by atoms with Crippen LogP contribution in [-0.2, 0) is 0 Å². The van der Waals surface area contributed by atoms with Gasteiger partial charge in [0.25, 0.3) is 0 Å². The molecule has 100 valence electrons. The Morgan fingerprint density at radius 2 is 1.84 bits per heavy atom. The molecule has 0 unspecified atom stereocenters. The van der Waals surface area contributed by atoms with Crippen LogP contribution in [0.2, 0.25) is 0 Å². The highest BCUT2D eigenvalue weighted by Crippen LogP contribution is 2.32. The van der Waals surface area contributed by atoms with E-state index in [1.54, 1.807) is 13.0 Å². The monoisotopic (exact) mass is 323 g/mol. The van der Waals surface area contributed by atoms with Crippen LogP contribution in [0.5, 0.6) is 11.5 Å². The first kappa shape index (κ1) is 14.0. The maximum absolute atomic E-state index is 13.3. The Bertz CT molecular complexity index is 599. The quantitative estimate of drug-likeness (QED) is 0.887. The van der Waals surface area contributed by atoms with Crippen LogP contribution in [0.4, 0.5) is 4.39 Å². The van der Waals surface area contributed by atoms with Crippen molar-refractivity contribution >= 4 is 15.9 Å². The van der Waals surface area contributed by atoms with Crippen molar-refractivity contribution in [2.75, 3.05) is 0 Å². The molecule has 2 aromatic rings. The van der Waals surface area contributed by atoms with Gasteiger partial charge in [0.15, 0.2) is 0 Å². The summed E-state index contributed by atoms with van der Waals surface area (Å²) in [6.45, 7) is 3.76. The first-order valence-corrected chi connectivity index (χ1v) is 6.75. The average Bonchev–Trinajstić information content (AvgIpc) is 2.34. The second-order valence-corrected chi connectivity index (χ2v) is 5.40. The number of hydrogen-bond acceptors (Lipinski definition) is 2. The summed E-state index contributed by atoms with van der Waals surface area (Å²) in [5.74, 6) is 1.01. The lowest BCUT2D eigenvalue weighted by Crippen LogP contribution is -2.07. The molecule has 0 aromatic heterocycles. The number of nitrogens with two attached hydrogens (primary N) is 1. The molecule has 0 radical (unpaired) electrons. The van der Waals surface area contributed by atoms with Gasteiger partial charge in [-0.25, -0.2) is 4.39 Å². The molecular weight excluding hydrogens is 309 g/mol. The third-order valence-electron chi connectivity index (χ3n) is 2.82. The largest absolute Gasteiger partial charge is 0.457 e. The van der Waals surface area contributed by atoms with E-state index in [0.29, 0.717) is 11.3 Å². The van der Waals surface area contributed by atoms with Crippen molar-refractivity contribution in [3.8, 4) is 11.5 Å². The van der Waals surface area contributed by atoms with E-state index in [4.69, 9.17) is 10.5 Å². The van der Waals surface area contributed by atoms with Crippen LogP contribution in [0, 0.1) is 12.7 Å². The minimum atomic E-state index is -0.313. The number of benzene rings is 2. The topological polar surface area (TPSA) is 35.2 Å². The van der Waals surface area contributed by atoms with E-state index in [1.165, 1.54) is 12.1 Å². The third kappa shape index (κ3) is 3.33. The number of rotatable bonds is 3. The third-order valence-corrected chi connectivity index (χ3v) is 3.31. The maximum atomic E-state index is 13.3. The Labute approximate surface area is 120 Å². The normalized spacial score (nSPS) is 12.3. The van der Waals surface area contributed by atoms with Crippen LogP contribution in [0.15, 0.2) is 40.9 Å². The molecule has 2 nitrogen and oxygen atoms in total. The molecule has 0 amide bonds. The lowest BCUT2D eigenvalue weighted by Gasteiger charge is -2.15. The molecule has 0 spiro atoms. The van der Waals surface area contributed by atoms with Gasteiger partial charge >= 0.3 is 0 Å². The molecule has 0 bridgehead atoms. The molecule has 2 N–H and O–H groups in total. The van der Waals surface area contributed by atoms with Gasteiger partial charge in [0.1, 0.15) is 17.3 Å². The van der Waals surface area contributed by atoms with E-state index in [2.05, 4.69) is 15.9 Å². The summed E-state index contributed by atoms with van der Waals surface area (Å²) >= 11 is 3.40. The smallest absolute Gasteiger partial charge is 0.132 e. The molecule has 2 aromatic carbocycles. The predicted molar refractivity (Wildman–Crippen MR) is 78.0 cm³/mol. The van der Waals surface area contributed by atoms with Gasteiger partial charge in [-0.3, -0.25) is 0 Å². The highest BCUT2D eigenvalue weighted by Gasteiger charge is 2.11. The molecule has 0 saturated carbocycles. The maximum Gasteiger partial charge on any atom is 0.132 e. The van der Waals surface area contributed by atoms with Crippen molar-refractivity contribution in [3.05, 3.63) is 57.8 Å². The van der Waals surface area contributed by atoms with E-state index < -0.39 is 0 Å². The Hall–Kier alpha value is -1.39. The first-order chi connectivity index (χ1) is 8.97. The molecule has 0 fully saturated rings. The second kappa shape index (κ2) is 5.72. The van der Waals surface area contributed by atoms with Crippen molar-refractivity contribution in [1.29, 1.82) is 0 Å². The molecule has 1 atom stereocenters. The fraction of sp³-hybridized carbons (Fsp3) is 0.200. The van der Waals surface area contributed by atoms with Crippen LogP contribution < -0.4 is 10.5 Å². The zero-order valence-electron chi connectivity index (χ0n) is 10.8. The molecule has 4 heteroatoms. The lowest BCUT2D eigenvalue weighted by molar-refractivity contribution is 0.465. The zero-order chi connectivity index (χ0) is 14.0. The Morgan fingerprint density at radius 3 is 2.47 bits per heavy atom. The standard InChI is InChI=1S/C15H15BrFNO/c1-9-7-11(16)3-5-14(9)19-15-6-4-12(17)8-13(15)10(2)18/h3-8,10H,18H2,1-2H3/t10-/m0/s1. The SMILES string of the molecule is Cc1cc(Br)ccc1Oc1ccc(F)cc1[C@H](C)N. The van der Waals surface area contributed by atoms with E-state index in [-0.39, 0.29) is 11.9 Å². The van der Waals surface area contributed by atoms with Gasteiger partial charge < -0.3 is 10.5 Å². The summed E-state index contributed by atoms with van der Waals surface area (Å²) in [4.78, 5) is 0. The van der Waals surface area contributed by atoms with Crippen LogP contribution in [-0.4, -0.2) is 0 Å². The van der Waals surface area contributed by atoms with Crippen molar-refractivity contribution in [2.24, 2.45) is 5.73 Å². The van der Waals surface area contributed by atoms with Crippen molar-refractivity contribution in [2.45, 2.75) is 19.9 Å². The minimum absolute atomic E-state index is 0.290. The minimum Gasteiger partial charge on any atom is -0.457 e. The summed E-state index contributed by atoms with van der Waals surface area (Å²) in [5, 5.41) is 0. The first-order valence-electron chi connectivity index (χ1n) is 5.96. The van der Waals surface area contributed by atoms with Crippen molar-refractivity contribution in [1.82, 2.24) is 0 Å². The molecule has 0 aliphatic rings. The van der Waals surface area contributed by atoms with Crippen molar-refractivity contribution in [3.63, 3.8) is 0 Å². The lowest BCUT2D eigenvalue weighted by atomic mass is 10.1. The fourth-order valence-electron chi connectivity index (χ4n) is 1.81. The number of aryl methyl sites for hydroxylation is 1. The molecule has 2 rings (SSSR count). The van der Waals surface area contributed by atoms with E-state index in [0.717, 1.165) is 15.8 Å². The van der Waals surface area contributed by atoms with Gasteiger partial charge in [-0.2, -0.15) is 0 Å². The molecule has 0 aliphatic heterocycles. The highest BCUT2D eigenvalue weighted by molar-refractivity contribution is 9.10. The number of halogens is 2. The van der Waals surface area contributed by atoms with Gasteiger partial charge in [0.05, 0.1) is 0 Å². The second-order valence-electron chi connectivity index (χ2n) is 4.48. The van der Waals surface area contributed by atoms with Gasteiger partial charge in [-0.15, -0.1) is 0 Å². The summed E-state index contributed by atoms with van der Waals surface area (Å²) < 4.78 is 20.1. The Balaban J connectivity index is 2.38. The molecule has 0 heterocycles. The van der Waals surface area contributed by atoms with Gasteiger partial charge in [-0.1, -0.05) is 15.9 Å². The van der Waals surface area contributed by atoms with Crippen LogP contribution in [0.1, 0.15) is 24.1 Å². The Morgan fingerprint density at radius 1 is 1.16 bits per heavy atom. The van der Waals surface area contributed by atoms with E-state index in [9.17, 15) is 4.39 Å². The molecular formula is C15H15BrFNO. The fourth-order valence-corrected chi connectivity index (χ4v) is 2.29. The van der Waals surface area contributed by atoms with E-state index >= 15 is 0 Å². The Kier molecular flexibility index (Phi) is 4.22. The molecule has 0 saturated heterocycles. The molecule has 0 aliphatic carbocycles. The van der Waals surface area contributed by atoms with Crippen molar-refractivity contribution < 1.29 is 9.13 Å². The summed E-state index contributed by atoms with van der Waals surface area (Å²) in [6, 6.07) is 9.83. The predicted octanol–water partition coefficient (Wildman–Crippen LogP) is 4.71. The number of hydrogen-bond donors (Lipinski definition) is 1.